The molecule has 0 fully saturated rings. The summed E-state index contributed by atoms with van der Waals surface area (Å²) >= 11 is 0. The van der Waals surface area contributed by atoms with E-state index in [9.17, 15) is 27.6 Å². The first-order valence-electron chi connectivity index (χ1n) is 12.6. The summed E-state index contributed by atoms with van der Waals surface area (Å²) in [5, 5.41) is 0. The van der Waals surface area contributed by atoms with Crippen LogP contribution in [0, 0.1) is 6.92 Å². The fraction of sp³-hybridized carbons (Fsp3) is 0.0625. The number of carbonyl (C=O) groups excluding carboxylic acids is 4. The largest absolute Gasteiger partial charge is 0.311 e. The first kappa shape index (κ1) is 26.1. The average molecular weight is 563 g/mol. The molecule has 0 bridgehead atoms. The first-order valence-corrected chi connectivity index (χ1v) is 14.1. The van der Waals surface area contributed by atoms with Crippen LogP contribution >= 0.6 is 0 Å². The van der Waals surface area contributed by atoms with Crippen LogP contribution in [0.15, 0.2) is 101 Å². The molecule has 0 unspecified atom stereocenters. The molecule has 0 aliphatic carbocycles. The van der Waals surface area contributed by atoms with Crippen molar-refractivity contribution in [3.63, 3.8) is 0 Å². The van der Waals surface area contributed by atoms with E-state index in [2.05, 4.69) is 6.58 Å². The number of hydrogen-bond acceptors (Lipinski definition) is 6. The topological polar surface area (TPSA) is 109 Å². The van der Waals surface area contributed by atoms with Gasteiger partial charge < -0.3 is 4.90 Å². The van der Waals surface area contributed by atoms with Gasteiger partial charge in [-0.1, -0.05) is 36.9 Å². The van der Waals surface area contributed by atoms with Gasteiger partial charge in [0, 0.05) is 35.0 Å². The van der Waals surface area contributed by atoms with Gasteiger partial charge in [-0.2, -0.15) is 0 Å². The number of carbonyl (C=O) groups is 4. The zero-order valence-electron chi connectivity index (χ0n) is 22.0. The number of rotatable bonds is 5. The van der Waals surface area contributed by atoms with Gasteiger partial charge in [-0.3, -0.25) is 19.2 Å². The molecule has 2 aliphatic heterocycles. The summed E-state index contributed by atoms with van der Waals surface area (Å²) < 4.78 is 26.5. The highest BCUT2D eigenvalue weighted by Crippen LogP contribution is 2.34. The maximum atomic E-state index is 13.5. The Balaban J connectivity index is 1.33. The van der Waals surface area contributed by atoms with Gasteiger partial charge in [0.15, 0.2) is 5.78 Å². The van der Waals surface area contributed by atoms with E-state index in [0.29, 0.717) is 22.4 Å². The van der Waals surface area contributed by atoms with E-state index < -0.39 is 27.4 Å². The van der Waals surface area contributed by atoms with Crippen molar-refractivity contribution in [3.8, 4) is 0 Å². The van der Waals surface area contributed by atoms with E-state index in [0.717, 1.165) is 10.5 Å². The molecular weight excluding hydrogens is 540 g/mol. The van der Waals surface area contributed by atoms with Crippen LogP contribution in [0.3, 0.4) is 0 Å². The van der Waals surface area contributed by atoms with Gasteiger partial charge in [0.1, 0.15) is 0 Å². The van der Waals surface area contributed by atoms with E-state index in [1.807, 2.05) is 0 Å². The van der Waals surface area contributed by atoms with Gasteiger partial charge in [0.05, 0.1) is 26.6 Å². The Morgan fingerprint density at radius 1 is 0.683 bits per heavy atom. The minimum atomic E-state index is -3.90. The van der Waals surface area contributed by atoms with Crippen molar-refractivity contribution < 1.29 is 27.6 Å². The SMILES string of the molecule is C=C1c2cc(C(=O)c3ccc4c(c3)C(=O)N(c3cccc(S(=O)(=O)c5cccc(C)c5)c3)C4=O)ccc2C(=O)N1C. The number of fused-ring (bicyclic) bond motifs is 2. The fourth-order valence-electron chi connectivity index (χ4n) is 5.09. The van der Waals surface area contributed by atoms with E-state index in [1.54, 1.807) is 44.3 Å². The molecule has 0 aromatic heterocycles. The second kappa shape index (κ2) is 9.21. The highest BCUT2D eigenvalue weighted by Gasteiger charge is 2.38. The maximum absolute atomic E-state index is 13.5. The Bertz CT molecular complexity index is 1990. The standard InChI is InChI=1S/C32H22N2O6S/c1-18-6-4-8-23(14-18)41(39,40)24-9-5-7-22(17-24)34-31(37)26-13-11-21(16-28(26)32(34)38)29(35)20-10-12-25-27(15-20)19(2)33(3)30(25)36/h4-17H,2H2,1,3H3. The molecule has 0 saturated heterocycles. The number of imide groups is 1. The van der Waals surface area contributed by atoms with Crippen molar-refractivity contribution in [1.82, 2.24) is 4.90 Å². The third-order valence-electron chi connectivity index (χ3n) is 7.37. The predicted molar refractivity (Wildman–Crippen MR) is 152 cm³/mol. The molecule has 2 aliphatic rings. The highest BCUT2D eigenvalue weighted by atomic mass is 32.2. The fourth-order valence-corrected chi connectivity index (χ4v) is 6.49. The van der Waals surface area contributed by atoms with Crippen molar-refractivity contribution in [2.75, 3.05) is 11.9 Å². The zero-order chi connectivity index (χ0) is 29.2. The molecule has 0 spiro atoms. The molecule has 0 N–H and O–H groups in total. The molecular formula is C32H22N2O6S. The third kappa shape index (κ3) is 4.01. The van der Waals surface area contributed by atoms with Crippen LogP contribution in [-0.2, 0) is 9.84 Å². The molecule has 41 heavy (non-hydrogen) atoms. The molecule has 0 atom stereocenters. The van der Waals surface area contributed by atoms with E-state index in [4.69, 9.17) is 0 Å². The summed E-state index contributed by atoms with van der Waals surface area (Å²) in [5.74, 6) is -1.89. The van der Waals surface area contributed by atoms with Crippen molar-refractivity contribution in [3.05, 3.63) is 130 Å². The molecule has 6 rings (SSSR count). The van der Waals surface area contributed by atoms with Crippen LogP contribution in [0.25, 0.3) is 5.70 Å². The summed E-state index contributed by atoms with van der Waals surface area (Å²) in [6.45, 7) is 5.70. The van der Waals surface area contributed by atoms with Crippen LogP contribution in [0.2, 0.25) is 0 Å². The van der Waals surface area contributed by atoms with Gasteiger partial charge in [0.25, 0.3) is 17.7 Å². The van der Waals surface area contributed by atoms with Crippen molar-refractivity contribution in [2.45, 2.75) is 16.7 Å². The van der Waals surface area contributed by atoms with Crippen LogP contribution < -0.4 is 4.90 Å². The number of benzene rings is 4. The van der Waals surface area contributed by atoms with Gasteiger partial charge in [-0.15, -0.1) is 0 Å². The molecule has 0 radical (unpaired) electrons. The quantitative estimate of drug-likeness (QED) is 0.253. The van der Waals surface area contributed by atoms with E-state index in [-0.39, 0.29) is 38.1 Å². The molecule has 2 heterocycles. The van der Waals surface area contributed by atoms with Crippen molar-refractivity contribution in [2.24, 2.45) is 0 Å². The summed E-state index contributed by atoms with van der Waals surface area (Å²) in [6, 6.07) is 21.1. The molecule has 0 saturated carbocycles. The normalized spacial score (nSPS) is 14.5. The Morgan fingerprint density at radius 2 is 1.24 bits per heavy atom. The lowest BCUT2D eigenvalue weighted by molar-refractivity contribution is 0.0872. The molecule has 4 aromatic rings. The minimum absolute atomic E-state index is 0.0354. The number of hydrogen-bond donors (Lipinski definition) is 0. The lowest BCUT2D eigenvalue weighted by atomic mass is 9.96. The highest BCUT2D eigenvalue weighted by molar-refractivity contribution is 7.91. The van der Waals surface area contributed by atoms with Gasteiger partial charge in [0.2, 0.25) is 9.84 Å². The summed E-state index contributed by atoms with van der Waals surface area (Å²) in [4.78, 5) is 54.8. The average Bonchev–Trinajstić information content (AvgIpc) is 3.35. The Morgan fingerprint density at radius 3 is 1.90 bits per heavy atom. The monoisotopic (exact) mass is 562 g/mol. The lowest BCUT2D eigenvalue weighted by Gasteiger charge is -2.15. The summed E-state index contributed by atoms with van der Waals surface area (Å²) in [6.07, 6.45) is 0. The number of amides is 3. The van der Waals surface area contributed by atoms with Crippen LogP contribution in [0.5, 0.6) is 0 Å². The van der Waals surface area contributed by atoms with Gasteiger partial charge >= 0.3 is 0 Å². The Labute approximate surface area is 236 Å². The smallest absolute Gasteiger partial charge is 0.266 e. The van der Waals surface area contributed by atoms with Gasteiger partial charge in [-0.25, -0.2) is 13.3 Å². The molecule has 202 valence electrons. The number of aryl methyl sites for hydroxylation is 1. The second-order valence-electron chi connectivity index (χ2n) is 9.92. The summed E-state index contributed by atoms with van der Waals surface area (Å²) in [7, 11) is -2.30. The summed E-state index contributed by atoms with van der Waals surface area (Å²) in [5.41, 5.74) is 3.00. The molecule has 8 nitrogen and oxygen atoms in total. The van der Waals surface area contributed by atoms with Crippen LogP contribution in [-0.4, -0.2) is 43.9 Å². The van der Waals surface area contributed by atoms with Gasteiger partial charge in [-0.05, 0) is 67.1 Å². The van der Waals surface area contributed by atoms with Crippen LogP contribution in [0.1, 0.15) is 58.1 Å². The number of ketones is 1. The predicted octanol–water partition coefficient (Wildman–Crippen LogP) is 4.92. The number of anilines is 1. The minimum Gasteiger partial charge on any atom is -0.311 e. The zero-order valence-corrected chi connectivity index (χ0v) is 22.9. The molecule has 4 aromatic carbocycles. The lowest BCUT2D eigenvalue weighted by Crippen LogP contribution is -2.29. The number of nitrogens with zero attached hydrogens (tertiary/aromatic N) is 2. The van der Waals surface area contributed by atoms with Crippen molar-refractivity contribution in [1.29, 1.82) is 0 Å². The van der Waals surface area contributed by atoms with E-state index >= 15 is 0 Å². The number of sulfone groups is 1. The Kier molecular flexibility index (Phi) is 5.86. The maximum Gasteiger partial charge on any atom is 0.266 e. The third-order valence-corrected chi connectivity index (χ3v) is 9.12. The second-order valence-corrected chi connectivity index (χ2v) is 11.9. The van der Waals surface area contributed by atoms with Crippen LogP contribution in [0.4, 0.5) is 5.69 Å². The molecule has 3 amide bonds. The molecule has 9 heteroatoms. The first-order chi connectivity index (χ1) is 19.5. The Hall–Kier alpha value is -5.15. The van der Waals surface area contributed by atoms with Crippen molar-refractivity contribution >= 4 is 44.7 Å². The van der Waals surface area contributed by atoms with E-state index in [1.165, 1.54) is 59.5 Å².